The van der Waals surface area contributed by atoms with E-state index in [9.17, 15) is 0 Å². The summed E-state index contributed by atoms with van der Waals surface area (Å²) in [4.78, 5) is 7.82. The van der Waals surface area contributed by atoms with Crippen molar-refractivity contribution < 1.29 is 0 Å². The molecule has 2 rings (SSSR count). The Labute approximate surface area is 113 Å². The third-order valence-corrected chi connectivity index (χ3v) is 3.46. The van der Waals surface area contributed by atoms with E-state index in [4.69, 9.17) is 17.2 Å². The highest BCUT2D eigenvalue weighted by Crippen LogP contribution is 2.33. The summed E-state index contributed by atoms with van der Waals surface area (Å²) in [6, 6.07) is 8.16. The van der Waals surface area contributed by atoms with E-state index in [2.05, 4.69) is 22.1 Å². The maximum absolute atomic E-state index is 5.59. The quantitative estimate of drug-likeness (QED) is 0.558. The zero-order valence-electron chi connectivity index (χ0n) is 11.0. The number of nitrogens with two attached hydrogens (primary N) is 3. The fourth-order valence-corrected chi connectivity index (χ4v) is 2.55. The predicted octanol–water partition coefficient (Wildman–Crippen LogP) is 1.95. The van der Waals surface area contributed by atoms with Crippen LogP contribution in [0.25, 0.3) is 0 Å². The minimum absolute atomic E-state index is 0.0745. The minimum atomic E-state index is -0.0833. The van der Waals surface area contributed by atoms with Crippen molar-refractivity contribution in [2.24, 2.45) is 27.2 Å². The Kier molecular flexibility index (Phi) is 4.39. The molecule has 0 amide bonds. The Bertz CT molecular complexity index is 465. The third kappa shape index (κ3) is 3.98. The molecular weight excluding hydrogens is 238 g/mol. The molecule has 0 saturated heterocycles. The molecule has 5 heteroatoms. The molecule has 102 valence electrons. The summed E-state index contributed by atoms with van der Waals surface area (Å²) in [5.41, 5.74) is 18.2. The van der Waals surface area contributed by atoms with Gasteiger partial charge in [-0.05, 0) is 36.5 Å². The maximum Gasteiger partial charge on any atom is 0.223 e. The van der Waals surface area contributed by atoms with Crippen molar-refractivity contribution in [1.82, 2.24) is 0 Å². The van der Waals surface area contributed by atoms with Crippen molar-refractivity contribution in [3.8, 4) is 0 Å². The van der Waals surface area contributed by atoms with Crippen molar-refractivity contribution in [3.63, 3.8) is 0 Å². The van der Waals surface area contributed by atoms with E-state index in [1.54, 1.807) is 0 Å². The highest BCUT2D eigenvalue weighted by Gasteiger charge is 2.14. The maximum atomic E-state index is 5.59. The molecule has 19 heavy (non-hydrogen) atoms. The van der Waals surface area contributed by atoms with Gasteiger partial charge in [0.05, 0.1) is 5.69 Å². The SMILES string of the molecule is NC(N)=NC(N)=Nc1ccc(C2CCCCC2)cc1. The van der Waals surface area contributed by atoms with Gasteiger partial charge in [-0.25, -0.2) is 4.99 Å². The number of benzene rings is 1. The molecule has 1 fully saturated rings. The largest absolute Gasteiger partial charge is 0.370 e. The van der Waals surface area contributed by atoms with Crippen LogP contribution in [-0.2, 0) is 0 Å². The first kappa shape index (κ1) is 13.4. The van der Waals surface area contributed by atoms with Gasteiger partial charge in [-0.1, -0.05) is 31.4 Å². The lowest BCUT2D eigenvalue weighted by Gasteiger charge is -2.21. The van der Waals surface area contributed by atoms with Gasteiger partial charge in [-0.3, -0.25) is 0 Å². The van der Waals surface area contributed by atoms with Crippen molar-refractivity contribution >= 4 is 17.6 Å². The third-order valence-electron chi connectivity index (χ3n) is 3.46. The molecule has 1 saturated carbocycles. The van der Waals surface area contributed by atoms with E-state index in [0.717, 1.165) is 5.69 Å². The van der Waals surface area contributed by atoms with E-state index in [0.29, 0.717) is 5.92 Å². The molecule has 1 aliphatic rings. The molecule has 0 unspecified atom stereocenters. The van der Waals surface area contributed by atoms with Gasteiger partial charge in [-0.2, -0.15) is 4.99 Å². The average molecular weight is 259 g/mol. The summed E-state index contributed by atoms with van der Waals surface area (Å²) in [5, 5.41) is 0. The first-order chi connectivity index (χ1) is 9.15. The number of guanidine groups is 2. The lowest BCUT2D eigenvalue weighted by Crippen LogP contribution is -2.26. The van der Waals surface area contributed by atoms with Gasteiger partial charge in [0, 0.05) is 0 Å². The summed E-state index contributed by atoms with van der Waals surface area (Å²) >= 11 is 0. The fraction of sp³-hybridized carbons (Fsp3) is 0.429. The zero-order valence-corrected chi connectivity index (χ0v) is 11.0. The molecule has 1 aromatic rings. The molecule has 0 spiro atoms. The van der Waals surface area contributed by atoms with Gasteiger partial charge in [0.15, 0.2) is 5.96 Å². The van der Waals surface area contributed by atoms with Crippen molar-refractivity contribution in [1.29, 1.82) is 0 Å². The van der Waals surface area contributed by atoms with Crippen molar-refractivity contribution in [2.45, 2.75) is 38.0 Å². The van der Waals surface area contributed by atoms with Crippen LogP contribution in [0, 0.1) is 0 Å². The van der Waals surface area contributed by atoms with Gasteiger partial charge in [0.1, 0.15) is 0 Å². The number of rotatable bonds is 2. The predicted molar refractivity (Wildman–Crippen MR) is 79.4 cm³/mol. The van der Waals surface area contributed by atoms with E-state index in [-0.39, 0.29) is 11.9 Å². The summed E-state index contributed by atoms with van der Waals surface area (Å²) in [5.74, 6) is 0.687. The molecule has 0 aliphatic heterocycles. The molecular formula is C14H21N5. The van der Waals surface area contributed by atoms with Crippen LogP contribution in [0.4, 0.5) is 5.69 Å². The normalized spacial score (nSPS) is 17.2. The summed E-state index contributed by atoms with van der Waals surface area (Å²) in [7, 11) is 0. The Morgan fingerprint density at radius 3 is 2.16 bits per heavy atom. The molecule has 6 N–H and O–H groups in total. The average Bonchev–Trinajstić information content (AvgIpc) is 2.39. The lowest BCUT2D eigenvalue weighted by molar-refractivity contribution is 0.443. The Balaban J connectivity index is 2.07. The topological polar surface area (TPSA) is 103 Å². The van der Waals surface area contributed by atoms with Crippen LogP contribution in [0.15, 0.2) is 34.3 Å². The van der Waals surface area contributed by atoms with E-state index in [1.807, 2.05) is 12.1 Å². The first-order valence-corrected chi connectivity index (χ1v) is 6.69. The number of hydrogen-bond donors (Lipinski definition) is 3. The van der Waals surface area contributed by atoms with Crippen molar-refractivity contribution in [3.05, 3.63) is 29.8 Å². The monoisotopic (exact) mass is 259 g/mol. The summed E-state index contributed by atoms with van der Waals surface area (Å²) in [6.45, 7) is 0. The second kappa shape index (κ2) is 6.22. The first-order valence-electron chi connectivity index (χ1n) is 6.69. The highest BCUT2D eigenvalue weighted by atomic mass is 15.1. The zero-order chi connectivity index (χ0) is 13.7. The van der Waals surface area contributed by atoms with Crippen molar-refractivity contribution in [2.75, 3.05) is 0 Å². The van der Waals surface area contributed by atoms with Crippen LogP contribution in [0.2, 0.25) is 0 Å². The van der Waals surface area contributed by atoms with Gasteiger partial charge in [-0.15, -0.1) is 0 Å². The Morgan fingerprint density at radius 2 is 1.58 bits per heavy atom. The van der Waals surface area contributed by atoms with Crippen LogP contribution in [-0.4, -0.2) is 11.9 Å². The molecule has 0 heterocycles. The molecule has 5 nitrogen and oxygen atoms in total. The van der Waals surface area contributed by atoms with Gasteiger partial charge in [0.25, 0.3) is 0 Å². The molecule has 1 aliphatic carbocycles. The second-order valence-electron chi connectivity index (χ2n) is 4.93. The highest BCUT2D eigenvalue weighted by molar-refractivity contribution is 5.93. The second-order valence-corrected chi connectivity index (χ2v) is 4.93. The molecule has 0 aromatic heterocycles. The van der Waals surface area contributed by atoms with Crippen LogP contribution >= 0.6 is 0 Å². The van der Waals surface area contributed by atoms with E-state index >= 15 is 0 Å². The summed E-state index contributed by atoms with van der Waals surface area (Å²) < 4.78 is 0. The van der Waals surface area contributed by atoms with Crippen LogP contribution in [0.1, 0.15) is 43.6 Å². The standard InChI is InChI=1S/C14H21N5/c15-13(16)19-14(17)18-12-8-6-11(7-9-12)10-4-2-1-3-5-10/h6-10H,1-5H2,(H6,15,16,17,18,19). The number of hydrogen-bond acceptors (Lipinski definition) is 1. The molecule has 1 aromatic carbocycles. The number of nitrogens with zero attached hydrogens (tertiary/aromatic N) is 2. The van der Waals surface area contributed by atoms with Crippen LogP contribution in [0.3, 0.4) is 0 Å². The molecule has 0 bridgehead atoms. The fourth-order valence-electron chi connectivity index (χ4n) is 2.55. The molecule has 0 atom stereocenters. The van der Waals surface area contributed by atoms with Crippen LogP contribution < -0.4 is 17.2 Å². The summed E-state index contributed by atoms with van der Waals surface area (Å²) in [6.07, 6.45) is 6.62. The van der Waals surface area contributed by atoms with Crippen LogP contribution in [0.5, 0.6) is 0 Å². The Morgan fingerprint density at radius 1 is 0.947 bits per heavy atom. The molecule has 0 radical (unpaired) electrons. The minimum Gasteiger partial charge on any atom is -0.370 e. The van der Waals surface area contributed by atoms with E-state index in [1.165, 1.54) is 37.7 Å². The van der Waals surface area contributed by atoms with Gasteiger partial charge in [0.2, 0.25) is 5.96 Å². The van der Waals surface area contributed by atoms with E-state index < -0.39 is 0 Å². The lowest BCUT2D eigenvalue weighted by atomic mass is 9.84. The smallest absolute Gasteiger partial charge is 0.223 e. The van der Waals surface area contributed by atoms with Gasteiger partial charge >= 0.3 is 0 Å². The van der Waals surface area contributed by atoms with Gasteiger partial charge < -0.3 is 17.2 Å². The Hall–Kier alpha value is -2.04. The number of aliphatic imine (C=N–C) groups is 2.